The van der Waals surface area contributed by atoms with E-state index >= 15 is 0 Å². The molecule has 0 heterocycles. The summed E-state index contributed by atoms with van der Waals surface area (Å²) in [4.78, 5) is 0. The van der Waals surface area contributed by atoms with E-state index in [1.54, 1.807) is 0 Å². The van der Waals surface area contributed by atoms with Crippen LogP contribution in [-0.4, -0.2) is 92.5 Å². The molecular formula is C43H88O7. The Kier molecular flexibility index (Phi) is 48.4. The molecule has 50 heavy (non-hydrogen) atoms. The third-order valence-electron chi connectivity index (χ3n) is 9.27. The highest BCUT2D eigenvalue weighted by atomic mass is 16.6. The van der Waals surface area contributed by atoms with Crippen molar-refractivity contribution in [3.8, 4) is 0 Å². The predicted octanol–water partition coefficient (Wildman–Crippen LogP) is 11.7. The van der Waals surface area contributed by atoms with Crippen LogP contribution in [0.2, 0.25) is 0 Å². The van der Waals surface area contributed by atoms with Crippen molar-refractivity contribution in [3.05, 3.63) is 0 Å². The first kappa shape index (κ1) is 49.7. The fourth-order valence-corrected chi connectivity index (χ4v) is 6.04. The molecule has 0 saturated heterocycles. The lowest BCUT2D eigenvalue weighted by atomic mass is 10.0. The highest BCUT2D eigenvalue weighted by Crippen LogP contribution is 2.14. The summed E-state index contributed by atoms with van der Waals surface area (Å²) in [6.07, 6.45) is 37.3. The van der Waals surface area contributed by atoms with Gasteiger partial charge in [-0.2, -0.15) is 0 Å². The topological polar surface area (TPSA) is 64.6 Å². The first-order chi connectivity index (χ1) is 24.9. The molecule has 0 amide bonds. The summed E-state index contributed by atoms with van der Waals surface area (Å²) in [6.45, 7) is 13.5. The van der Waals surface area contributed by atoms with Crippen molar-refractivity contribution in [3.63, 3.8) is 0 Å². The van der Waals surface area contributed by atoms with Gasteiger partial charge in [-0.25, -0.2) is 0 Å². The van der Waals surface area contributed by atoms with Gasteiger partial charge in [0.2, 0.25) is 0 Å². The lowest BCUT2D eigenvalue weighted by molar-refractivity contribution is -0.0206. The molecule has 7 heteroatoms. The molecule has 0 rings (SSSR count). The molecule has 0 radical (unpaired) electrons. The van der Waals surface area contributed by atoms with E-state index in [0.717, 1.165) is 26.1 Å². The molecule has 0 aromatic heterocycles. The summed E-state index contributed by atoms with van der Waals surface area (Å²) in [5, 5.41) is 0. The molecule has 0 saturated carbocycles. The molecule has 302 valence electrons. The number of rotatable bonds is 47. The van der Waals surface area contributed by atoms with Crippen LogP contribution in [-0.2, 0) is 33.2 Å². The van der Waals surface area contributed by atoms with Crippen molar-refractivity contribution in [2.75, 3.05) is 92.5 Å². The zero-order valence-electron chi connectivity index (χ0n) is 33.8. The molecule has 0 atom stereocenters. The number of hydrogen-bond donors (Lipinski definition) is 0. The Hall–Kier alpha value is -0.280. The van der Waals surface area contributed by atoms with Gasteiger partial charge in [0.1, 0.15) is 0 Å². The first-order valence-corrected chi connectivity index (χ1v) is 22.0. The van der Waals surface area contributed by atoms with Crippen LogP contribution in [0.25, 0.3) is 0 Å². The van der Waals surface area contributed by atoms with Gasteiger partial charge in [-0.05, 0) is 12.8 Å². The van der Waals surface area contributed by atoms with E-state index < -0.39 is 0 Å². The monoisotopic (exact) mass is 717 g/mol. The van der Waals surface area contributed by atoms with E-state index in [4.69, 9.17) is 33.2 Å². The average molecular weight is 717 g/mol. The van der Waals surface area contributed by atoms with Crippen LogP contribution < -0.4 is 0 Å². The Morgan fingerprint density at radius 1 is 0.160 bits per heavy atom. The SMILES string of the molecule is CCCCCCCCCCCCCCCCCCOCCOCCOCCOCCOCCOCCOCCCCCCCCCCCCC. The van der Waals surface area contributed by atoms with E-state index in [1.807, 2.05) is 0 Å². The lowest BCUT2D eigenvalue weighted by Crippen LogP contribution is -2.14. The summed E-state index contributed by atoms with van der Waals surface area (Å²) >= 11 is 0. The second-order valence-electron chi connectivity index (χ2n) is 14.1. The summed E-state index contributed by atoms with van der Waals surface area (Å²) in [7, 11) is 0. The maximum atomic E-state index is 5.70. The van der Waals surface area contributed by atoms with Crippen LogP contribution in [0, 0.1) is 0 Å². The van der Waals surface area contributed by atoms with Crippen LogP contribution in [0.15, 0.2) is 0 Å². The van der Waals surface area contributed by atoms with Crippen molar-refractivity contribution in [1.82, 2.24) is 0 Å². The van der Waals surface area contributed by atoms with Gasteiger partial charge in [0.15, 0.2) is 0 Å². The second kappa shape index (κ2) is 48.7. The van der Waals surface area contributed by atoms with Gasteiger partial charge in [0.05, 0.1) is 79.3 Å². The smallest absolute Gasteiger partial charge is 0.0701 e. The molecule has 0 aromatic carbocycles. The van der Waals surface area contributed by atoms with Crippen LogP contribution in [0.1, 0.15) is 187 Å². The third kappa shape index (κ3) is 47.7. The van der Waals surface area contributed by atoms with Crippen molar-refractivity contribution in [2.45, 2.75) is 187 Å². The van der Waals surface area contributed by atoms with E-state index in [2.05, 4.69) is 13.8 Å². The molecule has 7 nitrogen and oxygen atoms in total. The van der Waals surface area contributed by atoms with Crippen molar-refractivity contribution >= 4 is 0 Å². The van der Waals surface area contributed by atoms with Crippen LogP contribution in [0.3, 0.4) is 0 Å². The van der Waals surface area contributed by atoms with Gasteiger partial charge < -0.3 is 33.2 Å². The van der Waals surface area contributed by atoms with Gasteiger partial charge >= 0.3 is 0 Å². The highest BCUT2D eigenvalue weighted by molar-refractivity contribution is 4.51. The molecule has 0 aliphatic rings. The van der Waals surface area contributed by atoms with E-state index in [-0.39, 0.29) is 0 Å². The Balaban J connectivity index is 3.04. The van der Waals surface area contributed by atoms with Crippen molar-refractivity contribution < 1.29 is 33.2 Å². The van der Waals surface area contributed by atoms with Gasteiger partial charge in [-0.15, -0.1) is 0 Å². The fourth-order valence-electron chi connectivity index (χ4n) is 6.04. The largest absolute Gasteiger partial charge is 0.379 e. The Morgan fingerprint density at radius 3 is 0.480 bits per heavy atom. The fraction of sp³-hybridized carbons (Fsp3) is 1.00. The standard InChI is InChI=1S/C43H88O7/c1-3-5-7-9-11-13-15-16-17-18-19-21-23-25-27-29-31-45-33-35-47-37-39-49-41-43-50-42-40-48-38-36-46-34-32-44-30-28-26-24-22-20-14-12-10-8-6-4-2/h3-43H2,1-2H3. The molecular weight excluding hydrogens is 628 g/mol. The van der Waals surface area contributed by atoms with Gasteiger partial charge in [-0.3, -0.25) is 0 Å². The third-order valence-corrected chi connectivity index (χ3v) is 9.27. The Labute approximate surface area is 312 Å². The molecule has 0 aliphatic carbocycles. The Morgan fingerprint density at radius 2 is 0.300 bits per heavy atom. The van der Waals surface area contributed by atoms with Gasteiger partial charge in [-0.1, -0.05) is 174 Å². The lowest BCUT2D eigenvalue weighted by Gasteiger charge is -2.08. The van der Waals surface area contributed by atoms with Crippen molar-refractivity contribution in [2.24, 2.45) is 0 Å². The predicted molar refractivity (Wildman–Crippen MR) is 212 cm³/mol. The van der Waals surface area contributed by atoms with Crippen molar-refractivity contribution in [1.29, 1.82) is 0 Å². The van der Waals surface area contributed by atoms with E-state index in [0.29, 0.717) is 79.3 Å². The van der Waals surface area contributed by atoms with Gasteiger partial charge in [0.25, 0.3) is 0 Å². The quantitative estimate of drug-likeness (QED) is 0.0581. The van der Waals surface area contributed by atoms with Crippen LogP contribution in [0.4, 0.5) is 0 Å². The average Bonchev–Trinajstić information content (AvgIpc) is 3.13. The molecule has 0 aliphatic heterocycles. The molecule has 0 N–H and O–H groups in total. The minimum Gasteiger partial charge on any atom is -0.379 e. The Bertz CT molecular complexity index is 517. The number of ether oxygens (including phenoxy) is 7. The minimum absolute atomic E-state index is 0.568. The molecule has 0 aromatic rings. The summed E-state index contributed by atoms with van der Waals surface area (Å²) < 4.78 is 39.2. The summed E-state index contributed by atoms with van der Waals surface area (Å²) in [6, 6.07) is 0. The first-order valence-electron chi connectivity index (χ1n) is 22.0. The molecule has 0 spiro atoms. The molecule has 0 bridgehead atoms. The highest BCUT2D eigenvalue weighted by Gasteiger charge is 1.98. The summed E-state index contributed by atoms with van der Waals surface area (Å²) in [5.41, 5.74) is 0. The number of unbranched alkanes of at least 4 members (excludes halogenated alkanes) is 25. The molecule has 0 unspecified atom stereocenters. The van der Waals surface area contributed by atoms with Gasteiger partial charge in [0, 0.05) is 13.2 Å². The summed E-state index contributed by atoms with van der Waals surface area (Å²) in [5.74, 6) is 0. The maximum Gasteiger partial charge on any atom is 0.0701 e. The zero-order chi connectivity index (χ0) is 35.9. The van der Waals surface area contributed by atoms with E-state index in [9.17, 15) is 0 Å². The van der Waals surface area contributed by atoms with Crippen LogP contribution in [0.5, 0.6) is 0 Å². The van der Waals surface area contributed by atoms with Crippen LogP contribution >= 0.6 is 0 Å². The number of hydrogen-bond acceptors (Lipinski definition) is 7. The van der Waals surface area contributed by atoms with E-state index in [1.165, 1.54) is 161 Å². The normalized spacial score (nSPS) is 11.6. The minimum atomic E-state index is 0.568. The second-order valence-corrected chi connectivity index (χ2v) is 14.1. The molecule has 0 fully saturated rings. The maximum absolute atomic E-state index is 5.70. The zero-order valence-corrected chi connectivity index (χ0v) is 33.8.